The Morgan fingerprint density at radius 2 is 1.86 bits per heavy atom. The first-order valence-corrected chi connectivity index (χ1v) is 9.36. The Morgan fingerprint density at radius 3 is 2.52 bits per heavy atom. The van der Waals surface area contributed by atoms with E-state index in [1.165, 1.54) is 57.8 Å². The second-order valence-electron chi connectivity index (χ2n) is 7.47. The third kappa shape index (κ3) is 3.80. The van der Waals surface area contributed by atoms with Crippen LogP contribution in [0.3, 0.4) is 0 Å². The van der Waals surface area contributed by atoms with E-state index in [9.17, 15) is 4.79 Å². The molecule has 3 rings (SSSR count). The molecule has 1 N–H and O–H groups in total. The van der Waals surface area contributed by atoms with Gasteiger partial charge in [0, 0.05) is 6.54 Å². The monoisotopic (exact) mass is 292 g/mol. The molecule has 0 spiro atoms. The van der Waals surface area contributed by atoms with Crippen LogP contribution in [0.5, 0.6) is 0 Å². The molecule has 3 nitrogen and oxygen atoms in total. The largest absolute Gasteiger partial charge is 0.326 e. The molecule has 3 heteroatoms. The fourth-order valence-corrected chi connectivity index (χ4v) is 4.19. The summed E-state index contributed by atoms with van der Waals surface area (Å²) >= 11 is 0. The predicted molar refractivity (Wildman–Crippen MR) is 85.9 cm³/mol. The number of carbonyl (C=O) groups excluding carboxylic acids is 1. The van der Waals surface area contributed by atoms with E-state index in [1.807, 2.05) is 0 Å². The SMILES string of the molecule is CCCCC1NC(C2CCCC2)N(CCCC2CC2)C1=O. The van der Waals surface area contributed by atoms with Crippen molar-refractivity contribution in [1.29, 1.82) is 0 Å². The lowest BCUT2D eigenvalue weighted by Gasteiger charge is -2.29. The fourth-order valence-electron chi connectivity index (χ4n) is 4.19. The predicted octanol–water partition coefficient (Wildman–Crippen LogP) is 3.68. The number of unbranched alkanes of at least 4 members (excludes halogenated alkanes) is 1. The van der Waals surface area contributed by atoms with Crippen LogP contribution in [0, 0.1) is 11.8 Å². The van der Waals surface area contributed by atoms with Crippen molar-refractivity contribution in [2.45, 2.75) is 89.8 Å². The Hall–Kier alpha value is -0.570. The van der Waals surface area contributed by atoms with Gasteiger partial charge in [-0.25, -0.2) is 0 Å². The molecular formula is C18H32N2O. The summed E-state index contributed by atoms with van der Waals surface area (Å²) < 4.78 is 0. The topological polar surface area (TPSA) is 32.3 Å². The zero-order valence-electron chi connectivity index (χ0n) is 13.7. The highest BCUT2D eigenvalue weighted by Crippen LogP contribution is 2.35. The quantitative estimate of drug-likeness (QED) is 0.740. The average Bonchev–Trinajstić information content (AvgIpc) is 3.04. The maximum Gasteiger partial charge on any atom is 0.241 e. The van der Waals surface area contributed by atoms with E-state index in [2.05, 4.69) is 17.1 Å². The van der Waals surface area contributed by atoms with Crippen molar-refractivity contribution in [2.24, 2.45) is 11.8 Å². The summed E-state index contributed by atoms with van der Waals surface area (Å²) in [5.41, 5.74) is 0. The summed E-state index contributed by atoms with van der Waals surface area (Å²) in [6, 6.07) is 0.108. The molecule has 0 aromatic rings. The summed E-state index contributed by atoms with van der Waals surface area (Å²) in [6.45, 7) is 3.20. The highest BCUT2D eigenvalue weighted by Gasteiger charge is 2.42. The number of nitrogens with one attached hydrogen (secondary N) is 1. The van der Waals surface area contributed by atoms with Gasteiger partial charge in [-0.2, -0.15) is 0 Å². The zero-order chi connectivity index (χ0) is 14.7. The van der Waals surface area contributed by atoms with Gasteiger partial charge in [-0.15, -0.1) is 0 Å². The molecule has 0 aromatic carbocycles. The molecule has 2 atom stereocenters. The van der Waals surface area contributed by atoms with Crippen LogP contribution < -0.4 is 5.32 Å². The summed E-state index contributed by atoms with van der Waals surface area (Å²) in [6.07, 6.45) is 14.4. The maximum atomic E-state index is 12.7. The lowest BCUT2D eigenvalue weighted by molar-refractivity contribution is -0.130. The fraction of sp³-hybridized carbons (Fsp3) is 0.944. The van der Waals surface area contributed by atoms with Crippen LogP contribution in [0.1, 0.15) is 77.6 Å². The Morgan fingerprint density at radius 1 is 1.10 bits per heavy atom. The molecular weight excluding hydrogens is 260 g/mol. The van der Waals surface area contributed by atoms with Gasteiger partial charge < -0.3 is 4.90 Å². The number of hydrogen-bond acceptors (Lipinski definition) is 2. The lowest BCUT2D eigenvalue weighted by atomic mass is 10.0. The van der Waals surface area contributed by atoms with E-state index in [-0.39, 0.29) is 6.04 Å². The standard InChI is InChI=1S/C18H32N2O/c1-2-3-10-16-18(21)20(13-6-7-14-11-12-14)17(19-16)15-8-4-5-9-15/h14-17,19H,2-13H2,1H3. The second-order valence-corrected chi connectivity index (χ2v) is 7.47. The van der Waals surface area contributed by atoms with Crippen molar-refractivity contribution < 1.29 is 4.79 Å². The molecule has 2 saturated carbocycles. The number of nitrogens with zero attached hydrogens (tertiary/aromatic N) is 1. The summed E-state index contributed by atoms with van der Waals surface area (Å²) in [5, 5.41) is 3.70. The summed E-state index contributed by atoms with van der Waals surface area (Å²) in [5.74, 6) is 2.09. The molecule has 1 amide bonds. The molecule has 3 fully saturated rings. The molecule has 21 heavy (non-hydrogen) atoms. The normalized spacial score (nSPS) is 30.5. The van der Waals surface area contributed by atoms with Crippen molar-refractivity contribution in [2.75, 3.05) is 6.54 Å². The van der Waals surface area contributed by atoms with Crippen molar-refractivity contribution in [1.82, 2.24) is 10.2 Å². The Kier molecular flexibility index (Phi) is 5.20. The number of carbonyl (C=O) groups is 1. The van der Waals surface area contributed by atoms with Crippen LogP contribution in [0.15, 0.2) is 0 Å². The molecule has 2 aliphatic carbocycles. The molecule has 0 radical (unpaired) electrons. The van der Waals surface area contributed by atoms with Gasteiger partial charge in [-0.05, 0) is 43.9 Å². The molecule has 1 heterocycles. The molecule has 1 aliphatic heterocycles. The summed E-state index contributed by atoms with van der Waals surface area (Å²) in [7, 11) is 0. The van der Waals surface area contributed by atoms with Crippen molar-refractivity contribution >= 4 is 5.91 Å². The van der Waals surface area contributed by atoms with E-state index in [0.29, 0.717) is 18.0 Å². The van der Waals surface area contributed by atoms with Crippen LogP contribution in [0.2, 0.25) is 0 Å². The minimum Gasteiger partial charge on any atom is -0.326 e. The van der Waals surface area contributed by atoms with E-state index >= 15 is 0 Å². The van der Waals surface area contributed by atoms with Crippen LogP contribution in [0.25, 0.3) is 0 Å². The number of rotatable bonds is 8. The highest BCUT2D eigenvalue weighted by molar-refractivity contribution is 5.84. The first kappa shape index (κ1) is 15.3. The van der Waals surface area contributed by atoms with Crippen LogP contribution in [0.4, 0.5) is 0 Å². The number of hydrogen-bond donors (Lipinski definition) is 1. The second kappa shape index (κ2) is 7.13. The smallest absolute Gasteiger partial charge is 0.241 e. The van der Waals surface area contributed by atoms with Gasteiger partial charge in [0.1, 0.15) is 0 Å². The van der Waals surface area contributed by atoms with Crippen LogP contribution in [-0.2, 0) is 4.79 Å². The van der Waals surface area contributed by atoms with Gasteiger partial charge in [-0.3, -0.25) is 10.1 Å². The number of amides is 1. The van der Waals surface area contributed by atoms with E-state index in [4.69, 9.17) is 0 Å². The highest BCUT2D eigenvalue weighted by atomic mass is 16.2. The Bertz CT molecular complexity index is 347. The van der Waals surface area contributed by atoms with Gasteiger partial charge in [0.05, 0.1) is 12.2 Å². The van der Waals surface area contributed by atoms with Crippen LogP contribution >= 0.6 is 0 Å². The average molecular weight is 292 g/mol. The lowest BCUT2D eigenvalue weighted by Crippen LogP contribution is -2.43. The molecule has 2 unspecified atom stereocenters. The van der Waals surface area contributed by atoms with Crippen molar-refractivity contribution in [3.63, 3.8) is 0 Å². The van der Waals surface area contributed by atoms with E-state index < -0.39 is 0 Å². The molecule has 3 aliphatic rings. The minimum atomic E-state index is 0.108. The maximum absolute atomic E-state index is 12.7. The molecule has 1 saturated heterocycles. The Labute approximate surface area is 129 Å². The zero-order valence-corrected chi connectivity index (χ0v) is 13.7. The Balaban J connectivity index is 1.57. The van der Waals surface area contributed by atoms with Crippen molar-refractivity contribution in [3.05, 3.63) is 0 Å². The summed E-state index contributed by atoms with van der Waals surface area (Å²) in [4.78, 5) is 15.0. The van der Waals surface area contributed by atoms with Gasteiger partial charge in [0.2, 0.25) is 5.91 Å². The molecule has 120 valence electrons. The molecule has 0 bridgehead atoms. The van der Waals surface area contributed by atoms with Gasteiger partial charge in [-0.1, -0.05) is 45.4 Å². The van der Waals surface area contributed by atoms with E-state index in [1.54, 1.807) is 0 Å². The van der Waals surface area contributed by atoms with E-state index in [0.717, 1.165) is 25.3 Å². The molecule has 0 aromatic heterocycles. The van der Waals surface area contributed by atoms with Gasteiger partial charge >= 0.3 is 0 Å². The van der Waals surface area contributed by atoms with Crippen molar-refractivity contribution in [3.8, 4) is 0 Å². The first-order chi connectivity index (χ1) is 10.3. The third-order valence-electron chi connectivity index (χ3n) is 5.69. The van der Waals surface area contributed by atoms with Crippen LogP contribution in [-0.4, -0.2) is 29.6 Å². The third-order valence-corrected chi connectivity index (χ3v) is 5.69. The minimum absolute atomic E-state index is 0.108. The van der Waals surface area contributed by atoms with Gasteiger partial charge in [0.15, 0.2) is 0 Å². The first-order valence-electron chi connectivity index (χ1n) is 9.36. The van der Waals surface area contributed by atoms with Gasteiger partial charge in [0.25, 0.3) is 0 Å².